The highest BCUT2D eigenvalue weighted by atomic mass is 16.3. The molecule has 0 saturated heterocycles. The minimum absolute atomic E-state index is 0.165. The maximum absolute atomic E-state index is 8.72. The molecule has 0 radical (unpaired) electrons. The quantitative estimate of drug-likeness (QED) is 0.525. The number of aliphatic hydroxyl groups excluding tert-OH is 1. The fourth-order valence-corrected chi connectivity index (χ4v) is 1.29. The van der Waals surface area contributed by atoms with E-state index in [1.165, 1.54) is 0 Å². The van der Waals surface area contributed by atoms with E-state index in [1.54, 1.807) is 12.3 Å². The van der Waals surface area contributed by atoms with Gasteiger partial charge >= 0.3 is 0 Å². The summed E-state index contributed by atoms with van der Waals surface area (Å²) >= 11 is 0. The van der Waals surface area contributed by atoms with Gasteiger partial charge in [0.05, 0.1) is 24.2 Å². The molecule has 0 spiro atoms. The van der Waals surface area contributed by atoms with Crippen molar-refractivity contribution in [2.24, 2.45) is 0 Å². The fraction of sp³-hybridized carbons (Fsp3) is 0.500. The summed E-state index contributed by atoms with van der Waals surface area (Å²) in [5.41, 5.74) is 12.4. The molecule has 6 heteroatoms. The van der Waals surface area contributed by atoms with Crippen LogP contribution in [0.25, 0.3) is 0 Å². The van der Waals surface area contributed by atoms with E-state index in [4.69, 9.17) is 16.6 Å². The van der Waals surface area contributed by atoms with Crippen molar-refractivity contribution in [2.75, 3.05) is 50.1 Å². The van der Waals surface area contributed by atoms with Gasteiger partial charge in [0, 0.05) is 19.6 Å². The number of nitrogen functional groups attached to an aromatic ring is 2. The van der Waals surface area contributed by atoms with Crippen molar-refractivity contribution in [2.45, 2.75) is 0 Å². The Balaban J connectivity index is 2.37. The molecule has 1 rings (SSSR count). The first kappa shape index (κ1) is 12.5. The van der Waals surface area contributed by atoms with Gasteiger partial charge in [0.1, 0.15) is 5.82 Å². The van der Waals surface area contributed by atoms with Crippen molar-refractivity contribution in [3.63, 3.8) is 0 Å². The zero-order valence-electron chi connectivity index (χ0n) is 9.48. The third-order valence-electron chi connectivity index (χ3n) is 2.21. The van der Waals surface area contributed by atoms with Crippen molar-refractivity contribution in [3.8, 4) is 0 Å². The van der Waals surface area contributed by atoms with Crippen LogP contribution in [-0.4, -0.2) is 48.3 Å². The maximum atomic E-state index is 8.72. The average molecular weight is 225 g/mol. The summed E-state index contributed by atoms with van der Waals surface area (Å²) in [6.07, 6.45) is 1.57. The van der Waals surface area contributed by atoms with Crippen LogP contribution >= 0.6 is 0 Å². The first-order valence-corrected chi connectivity index (χ1v) is 5.17. The highest BCUT2D eigenvalue weighted by Gasteiger charge is 2.01. The molecule has 6 N–H and O–H groups in total. The van der Waals surface area contributed by atoms with Crippen LogP contribution in [-0.2, 0) is 0 Å². The van der Waals surface area contributed by atoms with Crippen LogP contribution in [0.5, 0.6) is 0 Å². The number of anilines is 3. The van der Waals surface area contributed by atoms with Crippen LogP contribution in [0.15, 0.2) is 12.3 Å². The highest BCUT2D eigenvalue weighted by Crippen LogP contribution is 2.16. The zero-order chi connectivity index (χ0) is 12.0. The Morgan fingerprint density at radius 2 is 2.19 bits per heavy atom. The number of rotatable bonds is 6. The second kappa shape index (κ2) is 6.14. The summed E-state index contributed by atoms with van der Waals surface area (Å²) in [7, 11) is 1.94. The Hall–Kier alpha value is -1.53. The molecule has 0 aliphatic carbocycles. The second-order valence-electron chi connectivity index (χ2n) is 3.66. The van der Waals surface area contributed by atoms with Gasteiger partial charge in [-0.1, -0.05) is 0 Å². The Labute approximate surface area is 95.3 Å². The minimum atomic E-state index is 0.165. The summed E-state index contributed by atoms with van der Waals surface area (Å²) in [6.45, 7) is 2.36. The Morgan fingerprint density at radius 3 is 2.81 bits per heavy atom. The number of aromatic nitrogens is 1. The lowest BCUT2D eigenvalue weighted by Crippen LogP contribution is -2.28. The van der Waals surface area contributed by atoms with E-state index in [-0.39, 0.29) is 6.61 Å². The Bertz CT molecular complexity index is 331. The van der Waals surface area contributed by atoms with Gasteiger partial charge in [-0.2, -0.15) is 0 Å². The lowest BCUT2D eigenvalue weighted by molar-refractivity contribution is 0.225. The van der Waals surface area contributed by atoms with Gasteiger partial charge in [0.25, 0.3) is 0 Å². The van der Waals surface area contributed by atoms with E-state index in [9.17, 15) is 0 Å². The number of nitrogens with two attached hydrogens (primary N) is 2. The standard InChI is InChI=1S/C10H19N5O/c1-15(4-5-16)3-2-13-10-9(12)6-8(11)7-14-10/h6-7,16H,2-5,11-12H2,1H3,(H,13,14). The number of hydrogen-bond acceptors (Lipinski definition) is 6. The number of likely N-dealkylation sites (N-methyl/N-ethyl adjacent to an activating group) is 1. The van der Waals surface area contributed by atoms with Crippen molar-refractivity contribution in [1.29, 1.82) is 0 Å². The molecule has 1 heterocycles. The number of aliphatic hydroxyl groups is 1. The Kier molecular flexibility index (Phi) is 4.81. The minimum Gasteiger partial charge on any atom is -0.397 e. The molecular formula is C10H19N5O. The lowest BCUT2D eigenvalue weighted by atomic mass is 10.3. The van der Waals surface area contributed by atoms with Crippen LogP contribution in [0, 0.1) is 0 Å². The highest BCUT2D eigenvalue weighted by molar-refractivity contribution is 5.65. The van der Waals surface area contributed by atoms with Gasteiger partial charge in [0.15, 0.2) is 0 Å². The van der Waals surface area contributed by atoms with Gasteiger partial charge in [0.2, 0.25) is 0 Å². The van der Waals surface area contributed by atoms with Crippen molar-refractivity contribution in [3.05, 3.63) is 12.3 Å². The van der Waals surface area contributed by atoms with Crippen LogP contribution in [0.3, 0.4) is 0 Å². The number of pyridine rings is 1. The summed E-state index contributed by atoms with van der Waals surface area (Å²) < 4.78 is 0. The molecule has 0 aliphatic rings. The molecule has 1 aromatic heterocycles. The van der Waals surface area contributed by atoms with Crippen molar-refractivity contribution in [1.82, 2.24) is 9.88 Å². The number of hydrogen-bond donors (Lipinski definition) is 4. The van der Waals surface area contributed by atoms with Crippen molar-refractivity contribution >= 4 is 17.2 Å². The van der Waals surface area contributed by atoms with E-state index < -0.39 is 0 Å². The molecule has 0 fully saturated rings. The van der Waals surface area contributed by atoms with Crippen LogP contribution in [0.2, 0.25) is 0 Å². The normalized spacial score (nSPS) is 10.7. The van der Waals surface area contributed by atoms with E-state index in [2.05, 4.69) is 10.3 Å². The molecule has 0 saturated carbocycles. The molecule has 90 valence electrons. The van der Waals surface area contributed by atoms with Gasteiger partial charge in [-0.05, 0) is 13.1 Å². The average Bonchev–Trinajstić information content (AvgIpc) is 2.22. The van der Waals surface area contributed by atoms with Crippen LogP contribution in [0.1, 0.15) is 0 Å². The first-order chi connectivity index (χ1) is 7.63. The van der Waals surface area contributed by atoms with Gasteiger partial charge in [-0.25, -0.2) is 4.98 Å². The van der Waals surface area contributed by atoms with Gasteiger partial charge in [-0.3, -0.25) is 0 Å². The van der Waals surface area contributed by atoms with Gasteiger partial charge < -0.3 is 26.8 Å². The molecule has 16 heavy (non-hydrogen) atoms. The monoisotopic (exact) mass is 225 g/mol. The van der Waals surface area contributed by atoms with E-state index >= 15 is 0 Å². The molecule has 0 aromatic carbocycles. The first-order valence-electron chi connectivity index (χ1n) is 5.17. The third-order valence-corrected chi connectivity index (χ3v) is 2.21. The third kappa shape index (κ3) is 3.92. The van der Waals surface area contributed by atoms with Crippen LogP contribution < -0.4 is 16.8 Å². The smallest absolute Gasteiger partial charge is 0.149 e. The predicted octanol–water partition coefficient (Wildman–Crippen LogP) is -0.418. The van der Waals surface area contributed by atoms with Gasteiger partial charge in [-0.15, -0.1) is 0 Å². The van der Waals surface area contributed by atoms with E-state index in [1.807, 2.05) is 11.9 Å². The Morgan fingerprint density at radius 1 is 1.44 bits per heavy atom. The molecule has 0 aliphatic heterocycles. The molecule has 0 amide bonds. The van der Waals surface area contributed by atoms with Crippen molar-refractivity contribution < 1.29 is 5.11 Å². The molecule has 1 aromatic rings. The largest absolute Gasteiger partial charge is 0.397 e. The summed E-state index contributed by atoms with van der Waals surface area (Å²) in [6, 6.07) is 1.67. The maximum Gasteiger partial charge on any atom is 0.149 e. The molecule has 0 bridgehead atoms. The molecule has 0 unspecified atom stereocenters. The fourth-order valence-electron chi connectivity index (χ4n) is 1.29. The zero-order valence-corrected chi connectivity index (χ0v) is 9.48. The predicted molar refractivity (Wildman–Crippen MR) is 66.1 cm³/mol. The topological polar surface area (TPSA) is 100 Å². The molecule has 6 nitrogen and oxygen atoms in total. The summed E-state index contributed by atoms with van der Waals surface area (Å²) in [5.74, 6) is 0.645. The van der Waals surface area contributed by atoms with Crippen LogP contribution in [0.4, 0.5) is 17.2 Å². The molecular weight excluding hydrogens is 206 g/mol. The second-order valence-corrected chi connectivity index (χ2v) is 3.66. The number of nitrogens with one attached hydrogen (secondary N) is 1. The van der Waals surface area contributed by atoms with E-state index in [0.29, 0.717) is 23.7 Å². The number of nitrogens with zero attached hydrogens (tertiary/aromatic N) is 2. The molecule has 0 atom stereocenters. The lowest BCUT2D eigenvalue weighted by Gasteiger charge is -2.16. The summed E-state index contributed by atoms with van der Waals surface area (Å²) in [4.78, 5) is 6.11. The van der Waals surface area contributed by atoms with E-state index in [0.717, 1.165) is 13.1 Å². The SMILES string of the molecule is CN(CCO)CCNc1ncc(N)cc1N. The summed E-state index contributed by atoms with van der Waals surface area (Å²) in [5, 5.41) is 11.8.